The number of rotatable bonds is 5. The van der Waals surface area contributed by atoms with Gasteiger partial charge in [-0.25, -0.2) is 0 Å². The zero-order valence-corrected chi connectivity index (χ0v) is 11.3. The first-order chi connectivity index (χ1) is 8.69. The van der Waals surface area contributed by atoms with Crippen molar-refractivity contribution in [1.82, 2.24) is 9.78 Å². The van der Waals surface area contributed by atoms with Gasteiger partial charge in [0.15, 0.2) is 0 Å². The van der Waals surface area contributed by atoms with E-state index < -0.39 is 0 Å². The predicted octanol–water partition coefficient (Wildman–Crippen LogP) is 0.962. The van der Waals surface area contributed by atoms with E-state index in [-0.39, 0.29) is 13.2 Å². The summed E-state index contributed by atoms with van der Waals surface area (Å²) >= 11 is 0. The minimum absolute atomic E-state index is 0.00363. The Bertz CT molecular complexity index is 397. The Labute approximate surface area is 108 Å². The molecule has 2 rings (SSSR count). The molecule has 0 aliphatic heterocycles. The second-order valence-electron chi connectivity index (χ2n) is 5.02. The van der Waals surface area contributed by atoms with Gasteiger partial charge in [-0.15, -0.1) is 0 Å². The van der Waals surface area contributed by atoms with E-state index in [1.54, 1.807) is 0 Å². The molecule has 0 saturated heterocycles. The zero-order chi connectivity index (χ0) is 13.1. The second kappa shape index (κ2) is 5.71. The van der Waals surface area contributed by atoms with Crippen LogP contribution in [0.3, 0.4) is 0 Å². The Morgan fingerprint density at radius 3 is 2.56 bits per heavy atom. The van der Waals surface area contributed by atoms with Gasteiger partial charge >= 0.3 is 0 Å². The van der Waals surface area contributed by atoms with E-state index in [0.717, 1.165) is 29.9 Å². The van der Waals surface area contributed by atoms with Gasteiger partial charge < -0.3 is 15.1 Å². The molecule has 1 fully saturated rings. The molecule has 1 heterocycles. The molecule has 5 nitrogen and oxygen atoms in total. The molecule has 18 heavy (non-hydrogen) atoms. The maximum absolute atomic E-state index is 9.53. The lowest BCUT2D eigenvalue weighted by molar-refractivity contribution is 0.278. The van der Waals surface area contributed by atoms with Crippen molar-refractivity contribution < 1.29 is 10.2 Å². The standard InChI is InChI=1S/C13H23N3O2/c1-10-12(9-18)13(15(2)14-10)16(7-8-17)11-5-3-4-6-11/h11,17-18H,3-9H2,1-2H3. The van der Waals surface area contributed by atoms with Crippen LogP contribution in [0.2, 0.25) is 0 Å². The third-order valence-corrected chi connectivity index (χ3v) is 3.85. The first-order valence-corrected chi connectivity index (χ1v) is 6.69. The molecule has 1 aliphatic carbocycles. The first kappa shape index (κ1) is 13.4. The van der Waals surface area contributed by atoms with Gasteiger partial charge in [-0.05, 0) is 19.8 Å². The minimum atomic E-state index is 0.00363. The fraction of sp³-hybridized carbons (Fsp3) is 0.769. The van der Waals surface area contributed by atoms with Crippen LogP contribution >= 0.6 is 0 Å². The van der Waals surface area contributed by atoms with Gasteiger partial charge in [-0.2, -0.15) is 5.10 Å². The summed E-state index contributed by atoms with van der Waals surface area (Å²) in [5.41, 5.74) is 1.76. The summed E-state index contributed by atoms with van der Waals surface area (Å²) < 4.78 is 1.83. The topological polar surface area (TPSA) is 61.5 Å². The molecule has 1 aromatic rings. The van der Waals surface area contributed by atoms with Gasteiger partial charge in [0, 0.05) is 25.2 Å². The lowest BCUT2D eigenvalue weighted by Gasteiger charge is -2.31. The van der Waals surface area contributed by atoms with Crippen molar-refractivity contribution in [3.05, 3.63) is 11.3 Å². The summed E-state index contributed by atoms with van der Waals surface area (Å²) in [6.07, 6.45) is 4.82. The molecular formula is C13H23N3O2. The molecular weight excluding hydrogens is 230 g/mol. The molecule has 0 bridgehead atoms. The Morgan fingerprint density at radius 2 is 2.00 bits per heavy atom. The summed E-state index contributed by atoms with van der Waals surface area (Å²) in [6.45, 7) is 2.66. The van der Waals surface area contributed by atoms with E-state index in [9.17, 15) is 10.2 Å². The highest BCUT2D eigenvalue weighted by Crippen LogP contribution is 2.31. The maximum atomic E-state index is 9.53. The number of hydrogen-bond acceptors (Lipinski definition) is 4. The van der Waals surface area contributed by atoms with Crippen LogP contribution in [0.25, 0.3) is 0 Å². The summed E-state index contributed by atoms with van der Waals surface area (Å²) in [4.78, 5) is 2.22. The molecule has 0 amide bonds. The van der Waals surface area contributed by atoms with Crippen LogP contribution in [0.4, 0.5) is 5.82 Å². The summed E-state index contributed by atoms with van der Waals surface area (Å²) in [7, 11) is 1.90. The van der Waals surface area contributed by atoms with E-state index in [4.69, 9.17) is 0 Å². The Hall–Kier alpha value is -1.07. The normalized spacial score (nSPS) is 16.4. The smallest absolute Gasteiger partial charge is 0.132 e. The highest BCUT2D eigenvalue weighted by Gasteiger charge is 2.27. The highest BCUT2D eigenvalue weighted by atomic mass is 16.3. The van der Waals surface area contributed by atoms with Crippen LogP contribution in [0.1, 0.15) is 36.9 Å². The molecule has 0 radical (unpaired) electrons. The lowest BCUT2D eigenvalue weighted by atomic mass is 10.1. The zero-order valence-electron chi connectivity index (χ0n) is 11.3. The fourth-order valence-corrected chi connectivity index (χ4v) is 3.02. The largest absolute Gasteiger partial charge is 0.395 e. The number of anilines is 1. The maximum Gasteiger partial charge on any atom is 0.132 e. The van der Waals surface area contributed by atoms with Gasteiger partial charge in [-0.1, -0.05) is 12.8 Å². The second-order valence-corrected chi connectivity index (χ2v) is 5.02. The molecule has 0 unspecified atom stereocenters. The average molecular weight is 253 g/mol. The summed E-state index contributed by atoms with van der Waals surface area (Å²) in [6, 6.07) is 0.470. The number of hydrogen-bond donors (Lipinski definition) is 2. The van der Waals surface area contributed by atoms with Crippen molar-refractivity contribution in [2.75, 3.05) is 18.1 Å². The van der Waals surface area contributed by atoms with E-state index in [1.165, 1.54) is 12.8 Å². The van der Waals surface area contributed by atoms with E-state index in [2.05, 4.69) is 10.00 Å². The van der Waals surface area contributed by atoms with Crippen LogP contribution in [-0.4, -0.2) is 39.2 Å². The Kier molecular flexibility index (Phi) is 4.24. The van der Waals surface area contributed by atoms with Gasteiger partial charge in [-0.3, -0.25) is 4.68 Å². The van der Waals surface area contributed by atoms with Gasteiger partial charge in [0.05, 0.1) is 18.9 Å². The molecule has 0 atom stereocenters. The molecule has 1 aliphatic rings. The number of nitrogens with zero attached hydrogens (tertiary/aromatic N) is 3. The van der Waals surface area contributed by atoms with E-state index in [1.807, 2.05) is 18.7 Å². The molecule has 102 valence electrons. The van der Waals surface area contributed by atoms with Crippen LogP contribution in [-0.2, 0) is 13.7 Å². The van der Waals surface area contributed by atoms with Gasteiger partial charge in [0.1, 0.15) is 5.82 Å². The molecule has 1 saturated carbocycles. The van der Waals surface area contributed by atoms with Crippen LogP contribution in [0.5, 0.6) is 0 Å². The third-order valence-electron chi connectivity index (χ3n) is 3.85. The fourth-order valence-electron chi connectivity index (χ4n) is 3.02. The summed E-state index contributed by atoms with van der Waals surface area (Å²) in [5, 5.41) is 23.2. The molecule has 2 N–H and O–H groups in total. The van der Waals surface area contributed by atoms with Crippen molar-refractivity contribution in [3.63, 3.8) is 0 Å². The third kappa shape index (κ3) is 2.37. The van der Waals surface area contributed by atoms with Crippen LogP contribution in [0, 0.1) is 6.92 Å². The van der Waals surface area contributed by atoms with Crippen LogP contribution in [0.15, 0.2) is 0 Å². The average Bonchev–Trinajstić information content (AvgIpc) is 2.94. The van der Waals surface area contributed by atoms with E-state index >= 15 is 0 Å². The first-order valence-electron chi connectivity index (χ1n) is 6.69. The summed E-state index contributed by atoms with van der Waals surface area (Å²) in [5.74, 6) is 0.968. The van der Waals surface area contributed by atoms with Gasteiger partial charge in [0.25, 0.3) is 0 Å². The van der Waals surface area contributed by atoms with Crippen molar-refractivity contribution in [3.8, 4) is 0 Å². The predicted molar refractivity (Wildman–Crippen MR) is 70.6 cm³/mol. The van der Waals surface area contributed by atoms with Crippen molar-refractivity contribution in [2.24, 2.45) is 7.05 Å². The van der Waals surface area contributed by atoms with E-state index in [0.29, 0.717) is 12.6 Å². The van der Waals surface area contributed by atoms with Crippen molar-refractivity contribution >= 4 is 5.82 Å². The van der Waals surface area contributed by atoms with Crippen molar-refractivity contribution in [2.45, 2.75) is 45.3 Å². The highest BCUT2D eigenvalue weighted by molar-refractivity contribution is 5.51. The minimum Gasteiger partial charge on any atom is -0.395 e. The van der Waals surface area contributed by atoms with Crippen LogP contribution < -0.4 is 4.90 Å². The number of aryl methyl sites for hydroxylation is 2. The number of aliphatic hydroxyl groups excluding tert-OH is 2. The SMILES string of the molecule is Cc1nn(C)c(N(CCO)C2CCCC2)c1CO. The number of aromatic nitrogens is 2. The Balaban J connectivity index is 2.34. The quantitative estimate of drug-likeness (QED) is 0.820. The Morgan fingerprint density at radius 1 is 1.33 bits per heavy atom. The molecule has 1 aromatic heterocycles. The monoisotopic (exact) mass is 253 g/mol. The number of aliphatic hydroxyl groups is 2. The van der Waals surface area contributed by atoms with Crippen molar-refractivity contribution in [1.29, 1.82) is 0 Å². The molecule has 0 aromatic carbocycles. The van der Waals surface area contributed by atoms with Gasteiger partial charge in [0.2, 0.25) is 0 Å². The molecule has 0 spiro atoms. The lowest BCUT2D eigenvalue weighted by Crippen LogP contribution is -2.37. The molecule has 5 heteroatoms.